The first-order valence-electron chi connectivity index (χ1n) is 7.27. The molecule has 0 aromatic heterocycles. The fourth-order valence-electron chi connectivity index (χ4n) is 4.47. The average molecular weight is 239 g/mol. The molecule has 1 saturated heterocycles. The molecule has 0 bridgehead atoms. The molecule has 3 unspecified atom stereocenters. The molecule has 3 atom stereocenters. The fourth-order valence-corrected chi connectivity index (χ4v) is 4.47. The highest BCUT2D eigenvalue weighted by Gasteiger charge is 2.55. The lowest BCUT2D eigenvalue weighted by molar-refractivity contribution is -0.182. The summed E-state index contributed by atoms with van der Waals surface area (Å²) in [5, 5.41) is 2.14. The van der Waals surface area contributed by atoms with Gasteiger partial charge in [0.25, 0.3) is 0 Å². The molecular weight excluding hydrogens is 210 g/mol. The summed E-state index contributed by atoms with van der Waals surface area (Å²) in [5.74, 6) is 1.44. The van der Waals surface area contributed by atoms with Crippen molar-refractivity contribution < 1.29 is 4.84 Å². The molecule has 0 N–H and O–H groups in total. The molecule has 2 aliphatic rings. The number of hydrogen-bond donors (Lipinski definition) is 0. The Morgan fingerprint density at radius 1 is 1.18 bits per heavy atom. The van der Waals surface area contributed by atoms with Gasteiger partial charge in [-0.3, -0.25) is 4.84 Å². The Bertz CT molecular complexity index is 283. The van der Waals surface area contributed by atoms with Gasteiger partial charge in [0.15, 0.2) is 0 Å². The van der Waals surface area contributed by atoms with Crippen LogP contribution in [0.5, 0.6) is 0 Å². The molecule has 2 nitrogen and oxygen atoms in total. The van der Waals surface area contributed by atoms with Crippen molar-refractivity contribution in [1.82, 2.24) is 5.06 Å². The van der Waals surface area contributed by atoms with Gasteiger partial charge >= 0.3 is 0 Å². The van der Waals surface area contributed by atoms with E-state index in [1.165, 1.54) is 25.7 Å². The van der Waals surface area contributed by atoms with Crippen LogP contribution >= 0.6 is 0 Å². The topological polar surface area (TPSA) is 12.5 Å². The van der Waals surface area contributed by atoms with E-state index in [9.17, 15) is 0 Å². The van der Waals surface area contributed by atoms with E-state index in [-0.39, 0.29) is 5.60 Å². The molecule has 1 saturated carbocycles. The largest absolute Gasteiger partial charge is 0.293 e. The molecule has 0 amide bonds. The van der Waals surface area contributed by atoms with Crippen LogP contribution in [-0.2, 0) is 4.84 Å². The zero-order valence-corrected chi connectivity index (χ0v) is 12.4. The standard InChI is InChI=1S/C15H29NO/c1-7-15(8-2)9-11(3)13-12(10-15)14(4,5)17-16(13)6/h11-13H,7-10H2,1-6H3. The zero-order chi connectivity index (χ0) is 12.8. The maximum Gasteiger partial charge on any atom is 0.0887 e. The Morgan fingerprint density at radius 3 is 2.29 bits per heavy atom. The molecule has 17 heavy (non-hydrogen) atoms. The van der Waals surface area contributed by atoms with Crippen molar-refractivity contribution in [2.24, 2.45) is 17.3 Å². The summed E-state index contributed by atoms with van der Waals surface area (Å²) in [6.07, 6.45) is 5.34. The smallest absolute Gasteiger partial charge is 0.0887 e. The highest BCUT2D eigenvalue weighted by atomic mass is 16.7. The normalized spacial score (nSPS) is 40.2. The van der Waals surface area contributed by atoms with Crippen LogP contribution in [0.2, 0.25) is 0 Å². The van der Waals surface area contributed by atoms with Gasteiger partial charge in [-0.15, -0.1) is 0 Å². The number of hydrogen-bond acceptors (Lipinski definition) is 2. The molecule has 1 aliphatic heterocycles. The lowest BCUT2D eigenvalue weighted by Crippen LogP contribution is -2.47. The number of nitrogens with zero attached hydrogens (tertiary/aromatic N) is 1. The van der Waals surface area contributed by atoms with Crippen LogP contribution in [0.1, 0.15) is 60.3 Å². The first-order chi connectivity index (χ1) is 7.85. The van der Waals surface area contributed by atoms with Gasteiger partial charge in [0.05, 0.1) is 5.60 Å². The van der Waals surface area contributed by atoms with Gasteiger partial charge in [0.1, 0.15) is 0 Å². The molecule has 2 rings (SSSR count). The number of rotatable bonds is 2. The summed E-state index contributed by atoms with van der Waals surface area (Å²) in [7, 11) is 2.12. The van der Waals surface area contributed by atoms with Crippen LogP contribution in [0.15, 0.2) is 0 Å². The molecule has 1 aliphatic carbocycles. The van der Waals surface area contributed by atoms with E-state index in [2.05, 4.69) is 46.7 Å². The molecule has 100 valence electrons. The minimum atomic E-state index is 0.0175. The van der Waals surface area contributed by atoms with Gasteiger partial charge < -0.3 is 0 Å². The lowest BCUT2D eigenvalue weighted by atomic mass is 9.58. The zero-order valence-electron chi connectivity index (χ0n) is 12.4. The Kier molecular flexibility index (Phi) is 3.33. The number of fused-ring (bicyclic) bond motifs is 1. The molecule has 1 heterocycles. The molecule has 0 spiro atoms. The van der Waals surface area contributed by atoms with Gasteiger partial charge in [-0.2, -0.15) is 5.06 Å². The van der Waals surface area contributed by atoms with E-state index in [4.69, 9.17) is 4.84 Å². The van der Waals surface area contributed by atoms with Crippen LogP contribution in [0.25, 0.3) is 0 Å². The first kappa shape index (κ1) is 13.4. The van der Waals surface area contributed by atoms with Gasteiger partial charge in [-0.05, 0) is 38.0 Å². The van der Waals surface area contributed by atoms with E-state index >= 15 is 0 Å². The first-order valence-corrected chi connectivity index (χ1v) is 7.27. The Labute approximate surface area is 107 Å². The summed E-state index contributed by atoms with van der Waals surface area (Å²) in [4.78, 5) is 6.08. The summed E-state index contributed by atoms with van der Waals surface area (Å²) in [6, 6.07) is 0.622. The maximum absolute atomic E-state index is 6.08. The summed E-state index contributed by atoms with van der Waals surface area (Å²) < 4.78 is 0. The average Bonchev–Trinajstić information content (AvgIpc) is 2.49. The van der Waals surface area contributed by atoms with Crippen LogP contribution in [-0.4, -0.2) is 23.8 Å². The molecule has 0 radical (unpaired) electrons. The van der Waals surface area contributed by atoms with E-state index in [0.29, 0.717) is 17.4 Å². The molecule has 2 heteroatoms. The van der Waals surface area contributed by atoms with Crippen molar-refractivity contribution in [2.75, 3.05) is 7.05 Å². The third-order valence-electron chi connectivity index (χ3n) is 5.60. The predicted octanol–water partition coefficient (Wildman–Crippen LogP) is 3.86. The summed E-state index contributed by atoms with van der Waals surface area (Å²) in [5.41, 5.74) is 0.579. The SMILES string of the molecule is CCC1(CC)CC(C)C2C(C1)C(C)(C)ON2C. The lowest BCUT2D eigenvalue weighted by Gasteiger charge is -2.47. The van der Waals surface area contributed by atoms with Crippen molar-refractivity contribution in [3.05, 3.63) is 0 Å². The maximum atomic E-state index is 6.08. The van der Waals surface area contributed by atoms with E-state index in [1.807, 2.05) is 0 Å². The van der Waals surface area contributed by atoms with E-state index in [1.54, 1.807) is 0 Å². The monoisotopic (exact) mass is 239 g/mol. The molecule has 0 aromatic carbocycles. The number of hydroxylamine groups is 2. The Balaban J connectivity index is 2.28. The molecule has 2 fully saturated rings. The second-order valence-corrected chi connectivity index (χ2v) is 6.93. The Morgan fingerprint density at radius 2 is 1.76 bits per heavy atom. The summed E-state index contributed by atoms with van der Waals surface area (Å²) >= 11 is 0. The van der Waals surface area contributed by atoms with Crippen LogP contribution in [0.3, 0.4) is 0 Å². The van der Waals surface area contributed by atoms with Crippen LogP contribution in [0, 0.1) is 17.3 Å². The molecule has 0 aromatic rings. The van der Waals surface area contributed by atoms with Crippen molar-refractivity contribution in [3.8, 4) is 0 Å². The van der Waals surface area contributed by atoms with E-state index < -0.39 is 0 Å². The van der Waals surface area contributed by atoms with Crippen molar-refractivity contribution in [2.45, 2.75) is 71.9 Å². The minimum absolute atomic E-state index is 0.0175. The fraction of sp³-hybridized carbons (Fsp3) is 1.00. The van der Waals surface area contributed by atoms with Gasteiger partial charge in [-0.25, -0.2) is 0 Å². The summed E-state index contributed by atoms with van der Waals surface area (Å²) in [6.45, 7) is 11.7. The second kappa shape index (κ2) is 4.24. The van der Waals surface area contributed by atoms with Gasteiger partial charge in [0.2, 0.25) is 0 Å². The third-order valence-corrected chi connectivity index (χ3v) is 5.60. The third kappa shape index (κ3) is 2.04. The van der Waals surface area contributed by atoms with Crippen molar-refractivity contribution in [1.29, 1.82) is 0 Å². The van der Waals surface area contributed by atoms with Crippen molar-refractivity contribution >= 4 is 0 Å². The molecular formula is C15H29NO. The minimum Gasteiger partial charge on any atom is -0.293 e. The highest BCUT2D eigenvalue weighted by molar-refractivity contribution is 5.03. The van der Waals surface area contributed by atoms with Crippen molar-refractivity contribution in [3.63, 3.8) is 0 Å². The van der Waals surface area contributed by atoms with Gasteiger partial charge in [-0.1, -0.05) is 33.6 Å². The quantitative estimate of drug-likeness (QED) is 0.725. The Hall–Kier alpha value is -0.0800. The van der Waals surface area contributed by atoms with Crippen LogP contribution in [0.4, 0.5) is 0 Å². The van der Waals surface area contributed by atoms with Gasteiger partial charge in [0, 0.05) is 19.0 Å². The highest BCUT2D eigenvalue weighted by Crippen LogP contribution is 2.54. The van der Waals surface area contributed by atoms with E-state index in [0.717, 1.165) is 5.92 Å². The van der Waals surface area contributed by atoms with Crippen LogP contribution < -0.4 is 0 Å². The predicted molar refractivity (Wildman–Crippen MR) is 71.6 cm³/mol. The second-order valence-electron chi connectivity index (χ2n) is 6.93.